The maximum Gasteiger partial charge on any atom is 0.150 e. The Labute approximate surface area is 71.0 Å². The molecule has 0 aromatic heterocycles. The molecular formula is C9H8OS. The number of rotatable bonds is 2. The minimum Gasteiger partial charge on any atom is -0.298 e. The van der Waals surface area contributed by atoms with E-state index in [2.05, 4.69) is 0 Å². The molecule has 0 aliphatic heterocycles. The first-order valence-corrected chi connectivity index (χ1v) is 3.76. The summed E-state index contributed by atoms with van der Waals surface area (Å²) in [5, 5.41) is 1.61. The van der Waals surface area contributed by atoms with Crippen LogP contribution in [-0.2, 0) is 0 Å². The van der Waals surface area contributed by atoms with Gasteiger partial charge in [-0.15, -0.1) is 0 Å². The van der Waals surface area contributed by atoms with Crippen LogP contribution in [0.25, 0.3) is 0 Å². The molecule has 0 heterocycles. The lowest BCUT2D eigenvalue weighted by molar-refractivity contribution is 0.112. The average Bonchev–Trinajstić information content (AvgIpc) is 2.04. The Balaban J connectivity index is 3.18. The monoisotopic (exact) mass is 164 g/mol. The molecule has 0 aliphatic rings. The Bertz CT molecular complexity index is 292. The second-order valence-corrected chi connectivity index (χ2v) is 2.59. The van der Waals surface area contributed by atoms with E-state index in [4.69, 9.17) is 12.2 Å². The molecule has 0 amide bonds. The molecule has 0 saturated heterocycles. The third-order valence-corrected chi connectivity index (χ3v) is 1.81. The number of benzene rings is 1. The van der Waals surface area contributed by atoms with Crippen molar-refractivity contribution in [1.29, 1.82) is 0 Å². The lowest BCUT2D eigenvalue weighted by Crippen LogP contribution is -1.87. The zero-order valence-corrected chi connectivity index (χ0v) is 7.02. The minimum absolute atomic E-state index is 0.697. The topological polar surface area (TPSA) is 17.1 Å². The predicted molar refractivity (Wildman–Crippen MR) is 49.3 cm³/mol. The molecule has 1 aromatic rings. The van der Waals surface area contributed by atoms with Crippen LogP contribution in [0.15, 0.2) is 18.2 Å². The van der Waals surface area contributed by atoms with Crippen molar-refractivity contribution in [1.82, 2.24) is 0 Å². The van der Waals surface area contributed by atoms with Crippen LogP contribution >= 0.6 is 12.2 Å². The van der Waals surface area contributed by atoms with Crippen LogP contribution in [0, 0.1) is 6.92 Å². The van der Waals surface area contributed by atoms with Gasteiger partial charge in [-0.1, -0.05) is 24.4 Å². The molecule has 0 N–H and O–H groups in total. The molecule has 0 aliphatic carbocycles. The fourth-order valence-corrected chi connectivity index (χ4v) is 1.17. The van der Waals surface area contributed by atoms with E-state index in [0.29, 0.717) is 5.56 Å². The van der Waals surface area contributed by atoms with Crippen molar-refractivity contribution in [3.05, 3.63) is 34.9 Å². The summed E-state index contributed by atoms with van der Waals surface area (Å²) in [7, 11) is 0. The normalized spacial score (nSPS) is 9.18. The van der Waals surface area contributed by atoms with Gasteiger partial charge < -0.3 is 0 Å². The van der Waals surface area contributed by atoms with Crippen molar-refractivity contribution >= 4 is 23.9 Å². The Morgan fingerprint density at radius 2 is 2.18 bits per heavy atom. The zero-order valence-electron chi connectivity index (χ0n) is 6.20. The van der Waals surface area contributed by atoms with Gasteiger partial charge in [0, 0.05) is 10.9 Å². The maximum atomic E-state index is 10.3. The molecular weight excluding hydrogens is 156 g/mol. The molecule has 0 unspecified atom stereocenters. The standard InChI is InChI=1S/C9H8OS/c1-7-4-8(5-10)2-3-9(7)6-11/h2-6H,1H3. The van der Waals surface area contributed by atoms with Crippen LogP contribution in [0.1, 0.15) is 21.5 Å². The predicted octanol–water partition coefficient (Wildman–Crippen LogP) is 2.16. The first-order chi connectivity index (χ1) is 5.27. The smallest absolute Gasteiger partial charge is 0.150 e. The second-order valence-electron chi connectivity index (χ2n) is 2.35. The third-order valence-electron chi connectivity index (χ3n) is 1.56. The fourth-order valence-electron chi connectivity index (χ4n) is 0.904. The van der Waals surface area contributed by atoms with Crippen LogP contribution in [-0.4, -0.2) is 11.7 Å². The number of aldehydes is 1. The van der Waals surface area contributed by atoms with Crippen molar-refractivity contribution in [2.75, 3.05) is 0 Å². The average molecular weight is 164 g/mol. The minimum atomic E-state index is 0.697. The molecule has 1 aromatic carbocycles. The number of hydrogen-bond acceptors (Lipinski definition) is 2. The number of thiocarbonyl (C=S) groups is 1. The Morgan fingerprint density at radius 1 is 1.45 bits per heavy atom. The van der Waals surface area contributed by atoms with Crippen LogP contribution < -0.4 is 0 Å². The van der Waals surface area contributed by atoms with Crippen molar-refractivity contribution in [2.24, 2.45) is 0 Å². The van der Waals surface area contributed by atoms with E-state index >= 15 is 0 Å². The molecule has 1 rings (SSSR count). The van der Waals surface area contributed by atoms with E-state index in [1.54, 1.807) is 11.4 Å². The Kier molecular flexibility index (Phi) is 2.49. The number of hydrogen-bond donors (Lipinski definition) is 0. The highest BCUT2D eigenvalue weighted by molar-refractivity contribution is 7.79. The number of aryl methyl sites for hydroxylation is 1. The molecule has 56 valence electrons. The molecule has 0 saturated carbocycles. The first-order valence-electron chi connectivity index (χ1n) is 3.29. The third kappa shape index (κ3) is 1.71. The highest BCUT2D eigenvalue weighted by Crippen LogP contribution is 2.07. The molecule has 2 heteroatoms. The Hall–Kier alpha value is -1.02. The van der Waals surface area contributed by atoms with Gasteiger partial charge in [0.05, 0.1) is 0 Å². The van der Waals surface area contributed by atoms with Gasteiger partial charge in [0.1, 0.15) is 6.29 Å². The summed E-state index contributed by atoms with van der Waals surface area (Å²) in [6.07, 6.45) is 0.833. The highest BCUT2D eigenvalue weighted by Gasteiger charge is 1.94. The lowest BCUT2D eigenvalue weighted by atomic mass is 10.1. The molecule has 0 bridgehead atoms. The summed E-state index contributed by atoms with van der Waals surface area (Å²) in [4.78, 5) is 10.3. The van der Waals surface area contributed by atoms with Gasteiger partial charge in [-0.3, -0.25) is 4.79 Å². The van der Waals surface area contributed by atoms with E-state index in [-0.39, 0.29) is 0 Å². The summed E-state index contributed by atoms with van der Waals surface area (Å²) in [5.74, 6) is 0. The van der Waals surface area contributed by atoms with Gasteiger partial charge in [0.2, 0.25) is 0 Å². The Morgan fingerprint density at radius 3 is 2.64 bits per heavy atom. The van der Waals surface area contributed by atoms with E-state index < -0.39 is 0 Å². The van der Waals surface area contributed by atoms with Gasteiger partial charge >= 0.3 is 0 Å². The van der Waals surface area contributed by atoms with E-state index in [9.17, 15) is 4.79 Å². The van der Waals surface area contributed by atoms with E-state index in [1.807, 2.05) is 19.1 Å². The van der Waals surface area contributed by atoms with Crippen molar-refractivity contribution < 1.29 is 4.79 Å². The van der Waals surface area contributed by atoms with Gasteiger partial charge in [0.15, 0.2) is 0 Å². The van der Waals surface area contributed by atoms with Gasteiger partial charge in [0.25, 0.3) is 0 Å². The van der Waals surface area contributed by atoms with Crippen LogP contribution in [0.4, 0.5) is 0 Å². The maximum absolute atomic E-state index is 10.3. The summed E-state index contributed by atoms with van der Waals surface area (Å²) < 4.78 is 0. The summed E-state index contributed by atoms with van der Waals surface area (Å²) in [6.45, 7) is 1.94. The molecule has 0 radical (unpaired) electrons. The zero-order chi connectivity index (χ0) is 8.27. The molecule has 0 fully saturated rings. The molecule has 11 heavy (non-hydrogen) atoms. The number of carbonyl (C=O) groups is 1. The molecule has 1 nitrogen and oxygen atoms in total. The molecule has 0 spiro atoms. The quantitative estimate of drug-likeness (QED) is 0.492. The van der Waals surface area contributed by atoms with Crippen LogP contribution in [0.3, 0.4) is 0 Å². The van der Waals surface area contributed by atoms with Gasteiger partial charge in [-0.25, -0.2) is 0 Å². The van der Waals surface area contributed by atoms with E-state index in [0.717, 1.165) is 17.4 Å². The summed E-state index contributed by atoms with van der Waals surface area (Å²) in [6, 6.07) is 5.44. The number of carbonyl (C=O) groups excluding carboxylic acids is 1. The fraction of sp³-hybridized carbons (Fsp3) is 0.111. The van der Waals surface area contributed by atoms with E-state index in [1.165, 1.54) is 0 Å². The lowest BCUT2D eigenvalue weighted by Gasteiger charge is -1.98. The second kappa shape index (κ2) is 3.39. The van der Waals surface area contributed by atoms with Crippen molar-refractivity contribution in [3.63, 3.8) is 0 Å². The largest absolute Gasteiger partial charge is 0.298 e. The molecule has 0 atom stereocenters. The highest BCUT2D eigenvalue weighted by atomic mass is 32.1. The van der Waals surface area contributed by atoms with Gasteiger partial charge in [-0.05, 0) is 24.1 Å². The summed E-state index contributed by atoms with van der Waals surface area (Å²) in [5.41, 5.74) is 2.75. The summed E-state index contributed by atoms with van der Waals surface area (Å²) >= 11 is 4.77. The van der Waals surface area contributed by atoms with Crippen molar-refractivity contribution in [3.8, 4) is 0 Å². The van der Waals surface area contributed by atoms with Gasteiger partial charge in [-0.2, -0.15) is 0 Å². The van der Waals surface area contributed by atoms with Crippen molar-refractivity contribution in [2.45, 2.75) is 6.92 Å². The van der Waals surface area contributed by atoms with Crippen LogP contribution in [0.5, 0.6) is 0 Å². The first kappa shape index (κ1) is 8.08. The SMILES string of the molecule is Cc1cc(C=O)ccc1C=S. The van der Waals surface area contributed by atoms with Crippen LogP contribution in [0.2, 0.25) is 0 Å².